The Hall–Kier alpha value is -4.11. The predicted molar refractivity (Wildman–Crippen MR) is 164 cm³/mol. The minimum atomic E-state index is -3.99. The number of amides is 1. The number of carbonyl (C=O) groups excluding carboxylic acids is 2. The Labute approximate surface area is 255 Å². The van der Waals surface area contributed by atoms with Crippen LogP contribution in [-0.2, 0) is 14.9 Å². The molecule has 0 bridgehead atoms. The molecule has 3 fully saturated rings. The zero-order valence-corrected chi connectivity index (χ0v) is 25.6. The molecule has 15 heteroatoms. The lowest BCUT2D eigenvalue weighted by molar-refractivity contribution is 0.0561. The van der Waals surface area contributed by atoms with Crippen LogP contribution in [0.5, 0.6) is 0 Å². The van der Waals surface area contributed by atoms with Gasteiger partial charge < -0.3 is 15.0 Å². The maximum atomic E-state index is 13.4. The zero-order valence-electron chi connectivity index (χ0n) is 24.8. The molecule has 44 heavy (non-hydrogen) atoms. The van der Waals surface area contributed by atoms with E-state index >= 15 is 0 Å². The quantitative estimate of drug-likeness (QED) is 0.353. The molecule has 1 aliphatic heterocycles. The second kappa shape index (κ2) is 12.1. The van der Waals surface area contributed by atoms with E-state index in [1.807, 2.05) is 15.7 Å². The van der Waals surface area contributed by atoms with Crippen molar-refractivity contribution in [2.45, 2.75) is 70.9 Å². The summed E-state index contributed by atoms with van der Waals surface area (Å²) in [4.78, 5) is 53.4. The third-order valence-corrected chi connectivity index (χ3v) is 10.2. The second-order valence-corrected chi connectivity index (χ2v) is 13.2. The van der Waals surface area contributed by atoms with E-state index in [0.29, 0.717) is 35.5 Å². The van der Waals surface area contributed by atoms with Crippen LogP contribution < -0.4 is 20.5 Å². The molecule has 0 radical (unpaired) electrons. The van der Waals surface area contributed by atoms with E-state index in [4.69, 9.17) is 9.72 Å². The number of aromatic nitrogens is 4. The number of Topliss-reactive ketones (excluding diaryl/α,β-unsaturated/α-hetero) is 1. The highest BCUT2D eigenvalue weighted by atomic mass is 32.2. The summed E-state index contributed by atoms with van der Waals surface area (Å²) in [6.07, 6.45) is 8.43. The number of piperazine rings is 1. The molecule has 2 saturated carbocycles. The molecule has 14 nitrogen and oxygen atoms in total. The number of nitrogens with one attached hydrogen (secondary N) is 2. The molecule has 0 spiro atoms. The normalized spacial score (nSPS) is 18.3. The van der Waals surface area contributed by atoms with Crippen LogP contribution >= 0.6 is 0 Å². The third kappa shape index (κ3) is 5.98. The number of aryl methyl sites for hydroxylation is 1. The lowest BCUT2D eigenvalue weighted by atomic mass is 9.96. The number of hydrogen-bond acceptors (Lipinski definition) is 11. The summed E-state index contributed by atoms with van der Waals surface area (Å²) in [5, 5.41) is 3.78. The van der Waals surface area contributed by atoms with Crippen molar-refractivity contribution in [2.24, 2.45) is 0 Å². The van der Waals surface area contributed by atoms with Gasteiger partial charge in [-0.2, -0.15) is 17.7 Å². The van der Waals surface area contributed by atoms with Gasteiger partial charge in [-0.25, -0.2) is 19.5 Å². The fraction of sp³-hybridized carbons (Fsp3) is 0.517. The van der Waals surface area contributed by atoms with Crippen LogP contribution in [-0.4, -0.2) is 76.4 Å². The van der Waals surface area contributed by atoms with Gasteiger partial charge in [-0.05, 0) is 63.6 Å². The number of nitrogens with zero attached hydrogens (tertiary/aromatic N) is 6. The Morgan fingerprint density at radius 3 is 2.32 bits per heavy atom. The van der Waals surface area contributed by atoms with Crippen LogP contribution in [0.3, 0.4) is 0 Å². The minimum Gasteiger partial charge on any atom is -0.446 e. The van der Waals surface area contributed by atoms with Crippen molar-refractivity contribution in [3.05, 3.63) is 46.0 Å². The maximum absolute atomic E-state index is 13.4. The molecule has 0 aromatic carbocycles. The average Bonchev–Trinajstić information content (AvgIpc) is 3.50. The van der Waals surface area contributed by atoms with Crippen molar-refractivity contribution in [3.8, 4) is 0 Å². The summed E-state index contributed by atoms with van der Waals surface area (Å²) in [6, 6.07) is 3.63. The van der Waals surface area contributed by atoms with E-state index in [1.165, 1.54) is 11.2 Å². The van der Waals surface area contributed by atoms with Crippen LogP contribution in [0.2, 0.25) is 0 Å². The van der Waals surface area contributed by atoms with E-state index in [0.717, 1.165) is 50.6 Å². The molecule has 0 atom stereocenters. The van der Waals surface area contributed by atoms with Crippen LogP contribution in [0.1, 0.15) is 73.8 Å². The summed E-state index contributed by atoms with van der Waals surface area (Å²) < 4.78 is 35.3. The summed E-state index contributed by atoms with van der Waals surface area (Å²) in [5.41, 5.74) is 1.77. The fourth-order valence-corrected chi connectivity index (χ4v) is 7.12. The molecular formula is C29H36N8O6S. The highest BCUT2D eigenvalue weighted by molar-refractivity contribution is 7.87. The molecule has 3 aromatic heterocycles. The summed E-state index contributed by atoms with van der Waals surface area (Å²) in [6.45, 7) is 4.40. The number of fused-ring (bicyclic) bond motifs is 1. The number of hydrogen-bond donors (Lipinski definition) is 2. The lowest BCUT2D eigenvalue weighted by Crippen LogP contribution is -2.53. The van der Waals surface area contributed by atoms with E-state index in [2.05, 4.69) is 15.3 Å². The first kappa shape index (κ1) is 29.9. The maximum Gasteiger partial charge on any atom is 0.422 e. The van der Waals surface area contributed by atoms with E-state index in [1.54, 1.807) is 30.0 Å². The molecule has 4 heterocycles. The number of ether oxygens (including phenoxy) is 1. The van der Waals surface area contributed by atoms with Gasteiger partial charge in [0.05, 0.1) is 17.4 Å². The van der Waals surface area contributed by atoms with Gasteiger partial charge in [0, 0.05) is 43.8 Å². The Kier molecular flexibility index (Phi) is 8.24. The summed E-state index contributed by atoms with van der Waals surface area (Å²) in [5.74, 6) is 0.507. The van der Waals surface area contributed by atoms with Gasteiger partial charge in [-0.15, -0.1) is 0 Å². The summed E-state index contributed by atoms with van der Waals surface area (Å²) in [7, 11) is -3.99. The topological polar surface area (TPSA) is 169 Å². The fourth-order valence-electron chi connectivity index (χ4n) is 6.09. The minimum absolute atomic E-state index is 0.0174. The van der Waals surface area contributed by atoms with Crippen LogP contribution in [0.25, 0.3) is 11.0 Å². The van der Waals surface area contributed by atoms with E-state index < -0.39 is 16.3 Å². The van der Waals surface area contributed by atoms with Gasteiger partial charge in [0.15, 0.2) is 5.78 Å². The second-order valence-electron chi connectivity index (χ2n) is 11.6. The molecule has 234 valence electrons. The number of pyridine rings is 2. The molecule has 0 unspecified atom stereocenters. The third-order valence-electron chi connectivity index (χ3n) is 8.72. The molecular weight excluding hydrogens is 588 g/mol. The smallest absolute Gasteiger partial charge is 0.422 e. The monoisotopic (exact) mass is 624 g/mol. The predicted octanol–water partition coefficient (Wildman–Crippen LogP) is 3.20. The van der Waals surface area contributed by atoms with Crippen molar-refractivity contribution < 1.29 is 22.7 Å². The Morgan fingerprint density at radius 2 is 1.70 bits per heavy atom. The van der Waals surface area contributed by atoms with Gasteiger partial charge in [-0.1, -0.05) is 12.8 Å². The van der Waals surface area contributed by atoms with Crippen molar-refractivity contribution in [3.63, 3.8) is 0 Å². The molecule has 1 saturated heterocycles. The standard InChI is InChI=1S/C29H36N8O6S/c1-18-23-17-31-28(33-26(23)37(20-6-3-4-7-20)27(39)25(18)19(2)38)32-24-11-10-21(16-30-24)35-12-14-36(15-13-35)44(41,42)34-29(40)43-22-8-5-9-22/h10-11,16-17,20,22H,3-9,12-15H2,1-2H3,(H,34,40)(H,30,31,32,33). The number of rotatable bonds is 8. The van der Waals surface area contributed by atoms with Crippen LogP contribution in [0.4, 0.5) is 22.2 Å². The molecule has 2 aliphatic carbocycles. The Bertz CT molecular complexity index is 1740. The number of anilines is 3. The van der Waals surface area contributed by atoms with Crippen LogP contribution in [0.15, 0.2) is 29.3 Å². The zero-order chi connectivity index (χ0) is 31.0. The van der Waals surface area contributed by atoms with Gasteiger partial charge in [0.1, 0.15) is 17.6 Å². The van der Waals surface area contributed by atoms with Crippen molar-refractivity contribution in [2.75, 3.05) is 36.4 Å². The van der Waals surface area contributed by atoms with Crippen molar-refractivity contribution in [1.82, 2.24) is 28.5 Å². The largest absolute Gasteiger partial charge is 0.446 e. The van der Waals surface area contributed by atoms with Gasteiger partial charge in [0.2, 0.25) is 5.95 Å². The Morgan fingerprint density at radius 1 is 0.977 bits per heavy atom. The average molecular weight is 625 g/mol. The van der Waals surface area contributed by atoms with Crippen LogP contribution in [0, 0.1) is 6.92 Å². The summed E-state index contributed by atoms with van der Waals surface area (Å²) >= 11 is 0. The highest BCUT2D eigenvalue weighted by Crippen LogP contribution is 2.32. The number of carbonyl (C=O) groups is 2. The van der Waals surface area contributed by atoms with Crippen molar-refractivity contribution >= 4 is 50.6 Å². The first-order valence-electron chi connectivity index (χ1n) is 15.0. The van der Waals surface area contributed by atoms with Crippen molar-refractivity contribution in [1.29, 1.82) is 0 Å². The van der Waals surface area contributed by atoms with Gasteiger partial charge in [-0.3, -0.25) is 14.2 Å². The molecule has 6 rings (SSSR count). The molecule has 3 aromatic rings. The molecule has 1 amide bonds. The first-order chi connectivity index (χ1) is 21.1. The molecule has 2 N–H and O–H groups in total. The van der Waals surface area contributed by atoms with Gasteiger partial charge in [0.25, 0.3) is 5.56 Å². The van der Waals surface area contributed by atoms with E-state index in [9.17, 15) is 22.8 Å². The first-order valence-corrected chi connectivity index (χ1v) is 16.4. The SMILES string of the molecule is CC(=O)c1c(C)c2cnc(Nc3ccc(N4CCN(S(=O)(=O)NC(=O)OC5CCC5)CC4)cn3)nc2n(C2CCCC2)c1=O. The Balaban J connectivity index is 1.13. The lowest BCUT2D eigenvalue weighted by Gasteiger charge is -2.35. The van der Waals surface area contributed by atoms with Gasteiger partial charge >= 0.3 is 16.3 Å². The highest BCUT2D eigenvalue weighted by Gasteiger charge is 2.31. The van der Waals surface area contributed by atoms with E-state index in [-0.39, 0.29) is 48.1 Å². The molecule has 3 aliphatic rings. The number of ketones is 1.